The van der Waals surface area contributed by atoms with Crippen molar-refractivity contribution < 1.29 is 9.59 Å². The van der Waals surface area contributed by atoms with E-state index in [1.165, 1.54) is 13.1 Å². The lowest BCUT2D eigenvalue weighted by atomic mass is 10.0. The molecule has 0 fully saturated rings. The molecule has 0 aliphatic heterocycles. The van der Waals surface area contributed by atoms with Gasteiger partial charge in [-0.25, -0.2) is 19.9 Å². The van der Waals surface area contributed by atoms with Crippen molar-refractivity contribution in [1.82, 2.24) is 34.7 Å². The largest absolute Gasteiger partial charge is 0.340 e. The van der Waals surface area contributed by atoms with Gasteiger partial charge in [-0.15, -0.1) is 0 Å². The van der Waals surface area contributed by atoms with Crippen LogP contribution in [-0.2, 0) is 0 Å². The molecule has 5 aromatic rings. The summed E-state index contributed by atoms with van der Waals surface area (Å²) in [5, 5.41) is 19.4. The smallest absolute Gasteiger partial charge is 0.194 e. The van der Waals surface area contributed by atoms with Crippen LogP contribution in [0.15, 0.2) is 48.9 Å². The molecular weight excluding hydrogens is 446 g/mol. The van der Waals surface area contributed by atoms with Gasteiger partial charge >= 0.3 is 0 Å². The van der Waals surface area contributed by atoms with E-state index in [1.54, 1.807) is 36.0 Å². The molecule has 0 spiro atoms. The third kappa shape index (κ3) is 3.89. The van der Waals surface area contributed by atoms with Crippen LogP contribution in [0.2, 0.25) is 0 Å². The Bertz CT molecular complexity index is 1660. The van der Waals surface area contributed by atoms with Crippen molar-refractivity contribution in [3.8, 4) is 23.1 Å². The van der Waals surface area contributed by atoms with E-state index in [4.69, 9.17) is 4.98 Å². The van der Waals surface area contributed by atoms with Crippen molar-refractivity contribution in [1.29, 1.82) is 5.26 Å². The van der Waals surface area contributed by atoms with E-state index in [1.807, 2.05) is 18.2 Å². The number of fused-ring (bicyclic) bond motifs is 1. The van der Waals surface area contributed by atoms with Gasteiger partial charge < -0.3 is 5.32 Å². The number of imidazole rings is 1. The average Bonchev–Trinajstić information content (AvgIpc) is 3.46. The number of carbonyl (C=O) groups is 2. The Balaban J connectivity index is 1.56. The van der Waals surface area contributed by atoms with Gasteiger partial charge in [-0.3, -0.25) is 19.3 Å². The van der Waals surface area contributed by atoms with E-state index < -0.39 is 0 Å². The van der Waals surface area contributed by atoms with Crippen LogP contribution in [-0.4, -0.2) is 46.8 Å². The monoisotopic (exact) mass is 463 g/mol. The number of ketones is 1. The van der Waals surface area contributed by atoms with Crippen molar-refractivity contribution in [2.45, 2.75) is 13.8 Å². The SMILES string of the molecule is CC(=O)c1ccc(-n2cnc3cc(Nc4ccnc(C=O)n4)ccc32)nc1-c1c(C#N)n[nH]c1C. The zero-order valence-corrected chi connectivity index (χ0v) is 18.6. The van der Waals surface area contributed by atoms with Gasteiger partial charge in [0.2, 0.25) is 0 Å². The molecule has 4 heterocycles. The van der Waals surface area contributed by atoms with Crippen molar-refractivity contribution >= 4 is 34.6 Å². The number of pyridine rings is 1. The minimum Gasteiger partial charge on any atom is -0.340 e. The molecule has 0 saturated carbocycles. The second-order valence-electron chi connectivity index (χ2n) is 7.67. The molecule has 0 aliphatic rings. The lowest BCUT2D eigenvalue weighted by Crippen LogP contribution is -2.04. The van der Waals surface area contributed by atoms with Crippen LogP contribution >= 0.6 is 0 Å². The van der Waals surface area contributed by atoms with Crippen molar-refractivity contribution in [2.24, 2.45) is 0 Å². The number of aromatic amines is 1. The fourth-order valence-electron chi connectivity index (χ4n) is 3.78. The summed E-state index contributed by atoms with van der Waals surface area (Å²) in [6, 6.07) is 12.7. The molecule has 170 valence electrons. The zero-order chi connectivity index (χ0) is 24.5. The third-order valence-corrected chi connectivity index (χ3v) is 5.40. The number of benzene rings is 1. The highest BCUT2D eigenvalue weighted by Gasteiger charge is 2.21. The van der Waals surface area contributed by atoms with Crippen LogP contribution in [0.25, 0.3) is 28.1 Å². The van der Waals surface area contributed by atoms with Crippen molar-refractivity contribution in [3.05, 3.63) is 71.7 Å². The van der Waals surface area contributed by atoms with Gasteiger partial charge in [0.25, 0.3) is 0 Å². The summed E-state index contributed by atoms with van der Waals surface area (Å²) in [6.45, 7) is 3.23. The van der Waals surface area contributed by atoms with Gasteiger partial charge in [-0.05, 0) is 50.2 Å². The lowest BCUT2D eigenvalue weighted by molar-refractivity contribution is 0.101. The van der Waals surface area contributed by atoms with E-state index in [0.29, 0.717) is 46.0 Å². The summed E-state index contributed by atoms with van der Waals surface area (Å²) < 4.78 is 1.79. The molecule has 0 amide bonds. The molecule has 0 bridgehead atoms. The number of aromatic nitrogens is 7. The summed E-state index contributed by atoms with van der Waals surface area (Å²) in [7, 11) is 0. The third-order valence-electron chi connectivity index (χ3n) is 5.40. The van der Waals surface area contributed by atoms with Gasteiger partial charge in [0.05, 0.1) is 22.3 Å². The zero-order valence-electron chi connectivity index (χ0n) is 18.6. The highest BCUT2D eigenvalue weighted by atomic mass is 16.1. The number of anilines is 2. The van der Waals surface area contributed by atoms with Gasteiger partial charge in [-0.2, -0.15) is 10.4 Å². The number of hydrogen-bond donors (Lipinski definition) is 2. The van der Waals surface area contributed by atoms with Crippen molar-refractivity contribution in [3.63, 3.8) is 0 Å². The van der Waals surface area contributed by atoms with Gasteiger partial charge in [0, 0.05) is 23.1 Å². The van der Waals surface area contributed by atoms with Gasteiger partial charge in [0.1, 0.15) is 24.0 Å². The van der Waals surface area contributed by atoms with Crippen molar-refractivity contribution in [2.75, 3.05) is 5.32 Å². The Morgan fingerprint density at radius 1 is 1.17 bits per heavy atom. The normalized spacial score (nSPS) is 10.8. The van der Waals surface area contributed by atoms with Gasteiger partial charge in [-0.1, -0.05) is 0 Å². The number of Topliss-reactive ketones (excluding diaryl/α,β-unsaturated/α-hetero) is 1. The summed E-state index contributed by atoms with van der Waals surface area (Å²) in [6.07, 6.45) is 3.72. The fraction of sp³-hybridized carbons (Fsp3) is 0.0833. The van der Waals surface area contributed by atoms with E-state index in [0.717, 1.165) is 11.2 Å². The second kappa shape index (κ2) is 8.60. The molecule has 5 rings (SSSR count). The van der Waals surface area contributed by atoms with Gasteiger partial charge in [0.15, 0.2) is 23.6 Å². The molecule has 0 radical (unpaired) electrons. The predicted molar refractivity (Wildman–Crippen MR) is 127 cm³/mol. The van der Waals surface area contributed by atoms with Crippen LogP contribution in [0.1, 0.15) is 39.3 Å². The topological polar surface area (TPSA) is 155 Å². The summed E-state index contributed by atoms with van der Waals surface area (Å²) in [4.78, 5) is 40.4. The molecule has 0 saturated heterocycles. The minimum atomic E-state index is -0.169. The fourth-order valence-corrected chi connectivity index (χ4v) is 3.78. The first-order valence-electron chi connectivity index (χ1n) is 10.5. The highest BCUT2D eigenvalue weighted by molar-refractivity contribution is 6.00. The molecule has 35 heavy (non-hydrogen) atoms. The van der Waals surface area contributed by atoms with Crippen LogP contribution in [0.3, 0.4) is 0 Å². The highest BCUT2D eigenvalue weighted by Crippen LogP contribution is 2.30. The summed E-state index contributed by atoms with van der Waals surface area (Å²) in [5.74, 6) is 0.931. The first-order chi connectivity index (χ1) is 17.0. The maximum absolute atomic E-state index is 12.3. The number of hydrogen-bond acceptors (Lipinski definition) is 9. The van der Waals surface area contributed by atoms with E-state index in [2.05, 4.69) is 36.5 Å². The quantitative estimate of drug-likeness (QED) is 0.284. The Kier molecular flexibility index (Phi) is 5.31. The molecular formula is C24H17N9O2. The predicted octanol–water partition coefficient (Wildman–Crippen LogP) is 3.54. The number of nitrogens with one attached hydrogen (secondary N) is 2. The number of rotatable bonds is 6. The minimum absolute atomic E-state index is 0.0867. The van der Waals surface area contributed by atoms with Crippen LogP contribution < -0.4 is 5.32 Å². The molecule has 4 aromatic heterocycles. The number of nitriles is 1. The first-order valence-corrected chi connectivity index (χ1v) is 10.5. The molecule has 2 N–H and O–H groups in total. The maximum atomic E-state index is 12.3. The van der Waals surface area contributed by atoms with Crippen LogP contribution in [0.4, 0.5) is 11.5 Å². The molecule has 0 atom stereocenters. The Morgan fingerprint density at radius 2 is 2.03 bits per heavy atom. The number of aryl methyl sites for hydroxylation is 1. The Hall–Kier alpha value is -5.24. The maximum Gasteiger partial charge on any atom is 0.194 e. The molecule has 11 nitrogen and oxygen atoms in total. The summed E-state index contributed by atoms with van der Waals surface area (Å²) >= 11 is 0. The van der Waals surface area contributed by atoms with E-state index in [9.17, 15) is 14.9 Å². The lowest BCUT2D eigenvalue weighted by Gasteiger charge is -2.11. The number of carbonyl (C=O) groups excluding carboxylic acids is 2. The summed E-state index contributed by atoms with van der Waals surface area (Å²) in [5.41, 5.74) is 4.28. The number of aldehydes is 1. The van der Waals surface area contributed by atoms with E-state index in [-0.39, 0.29) is 17.3 Å². The standard InChI is InChI=1S/C24H17N9O2/c1-13-23(18(10-25)32-31-13)24-16(14(2)35)4-6-22(30-24)33-12-27-17-9-15(3-5-19(17)33)28-20-7-8-26-21(11-34)29-20/h3-9,11-12H,1-2H3,(H,31,32)(H,26,28,29). The van der Waals surface area contributed by atoms with Crippen LogP contribution in [0.5, 0.6) is 0 Å². The molecule has 0 aliphatic carbocycles. The second-order valence-corrected chi connectivity index (χ2v) is 7.67. The first kappa shape index (κ1) is 21.6. The average molecular weight is 463 g/mol. The Labute approximate surface area is 198 Å². The molecule has 0 unspecified atom stereocenters. The van der Waals surface area contributed by atoms with Crippen LogP contribution in [0, 0.1) is 18.3 Å². The molecule has 11 heteroatoms. The number of nitrogens with zero attached hydrogens (tertiary/aromatic N) is 7. The number of H-pyrrole nitrogens is 1. The van der Waals surface area contributed by atoms with E-state index >= 15 is 0 Å². The Morgan fingerprint density at radius 3 is 2.80 bits per heavy atom. The molecule has 1 aromatic carbocycles.